The van der Waals surface area contributed by atoms with E-state index in [1.165, 1.54) is 56.7 Å². The van der Waals surface area contributed by atoms with Crippen LogP contribution < -0.4 is 10.6 Å². The number of nitrogens with one attached hydrogen (secondary N) is 2. The van der Waals surface area contributed by atoms with E-state index in [2.05, 4.69) is 34.2 Å². The molecular weight excluding hydrogens is 407 g/mol. The Kier molecular flexibility index (Phi) is 8.11. The monoisotopic (exact) mass is 438 g/mol. The van der Waals surface area contributed by atoms with Crippen LogP contribution in [-0.4, -0.2) is 60.6 Å². The molecule has 1 aliphatic carbocycles. The minimum absolute atomic E-state index is 0. The van der Waals surface area contributed by atoms with Crippen molar-refractivity contribution in [3.8, 4) is 0 Å². The molecule has 0 radical (unpaired) electrons. The van der Waals surface area contributed by atoms with Gasteiger partial charge < -0.3 is 10.6 Å². The van der Waals surface area contributed by atoms with Crippen molar-refractivity contribution in [3.05, 3.63) is 0 Å². The number of hydrogen-bond donors (Lipinski definition) is 2. The Morgan fingerprint density at radius 2 is 1.95 bits per heavy atom. The summed E-state index contributed by atoms with van der Waals surface area (Å²) in [5, 5.41) is 7.09. The van der Waals surface area contributed by atoms with Crippen LogP contribution >= 0.6 is 35.7 Å². The SMILES string of the molecule is CCNC(=NCC1CCSCC1)NC1CCN(C2CC2)C1.I. The fraction of sp³-hybridized carbons (Fsp3) is 0.938. The van der Waals surface area contributed by atoms with Gasteiger partial charge in [-0.15, -0.1) is 24.0 Å². The molecule has 2 heterocycles. The Morgan fingerprint density at radius 3 is 2.64 bits per heavy atom. The van der Waals surface area contributed by atoms with Gasteiger partial charge in [0.05, 0.1) is 0 Å². The van der Waals surface area contributed by atoms with Crippen molar-refractivity contribution < 1.29 is 0 Å². The van der Waals surface area contributed by atoms with Gasteiger partial charge >= 0.3 is 0 Å². The molecule has 0 bridgehead atoms. The predicted octanol–water partition coefficient (Wildman–Crippen LogP) is 2.54. The second kappa shape index (κ2) is 9.57. The lowest BCUT2D eigenvalue weighted by Gasteiger charge is -2.21. The molecule has 0 aromatic carbocycles. The molecule has 3 fully saturated rings. The highest BCUT2D eigenvalue weighted by molar-refractivity contribution is 14.0. The Labute approximate surface area is 156 Å². The maximum Gasteiger partial charge on any atom is 0.191 e. The summed E-state index contributed by atoms with van der Waals surface area (Å²) in [4.78, 5) is 7.51. The number of rotatable bonds is 5. The minimum Gasteiger partial charge on any atom is -0.357 e. The molecule has 3 rings (SSSR count). The molecule has 2 aliphatic heterocycles. The van der Waals surface area contributed by atoms with E-state index in [0.29, 0.717) is 6.04 Å². The highest BCUT2D eigenvalue weighted by Gasteiger charge is 2.34. The number of hydrogen-bond acceptors (Lipinski definition) is 3. The van der Waals surface area contributed by atoms with E-state index >= 15 is 0 Å². The molecule has 1 atom stereocenters. The summed E-state index contributed by atoms with van der Waals surface area (Å²) in [5.74, 6) is 4.48. The zero-order chi connectivity index (χ0) is 14.5. The molecule has 3 aliphatic rings. The van der Waals surface area contributed by atoms with Crippen LogP contribution in [0.25, 0.3) is 0 Å². The normalized spacial score (nSPS) is 27.5. The maximum atomic E-state index is 4.85. The van der Waals surface area contributed by atoms with Crippen molar-refractivity contribution in [2.45, 2.75) is 51.1 Å². The Hall–Kier alpha value is 0.310. The van der Waals surface area contributed by atoms with Crippen LogP contribution in [-0.2, 0) is 0 Å². The van der Waals surface area contributed by atoms with Crippen molar-refractivity contribution >= 4 is 41.7 Å². The first kappa shape index (κ1) is 18.6. The summed E-state index contributed by atoms with van der Waals surface area (Å²) in [6.45, 7) is 6.57. The first-order valence-corrected chi connectivity index (χ1v) is 9.87. The third-order valence-corrected chi connectivity index (χ3v) is 5.87. The van der Waals surface area contributed by atoms with E-state index in [1.54, 1.807) is 0 Å². The van der Waals surface area contributed by atoms with Gasteiger partial charge in [0.2, 0.25) is 0 Å². The summed E-state index contributed by atoms with van der Waals surface area (Å²) in [6.07, 6.45) is 6.78. The van der Waals surface area contributed by atoms with Gasteiger partial charge in [-0.25, -0.2) is 0 Å². The van der Waals surface area contributed by atoms with Crippen molar-refractivity contribution in [2.75, 3.05) is 37.7 Å². The van der Waals surface area contributed by atoms with Gasteiger partial charge in [-0.1, -0.05) is 0 Å². The van der Waals surface area contributed by atoms with Gasteiger partial charge in [-0.2, -0.15) is 11.8 Å². The van der Waals surface area contributed by atoms with Crippen LogP contribution in [0.1, 0.15) is 39.0 Å². The number of aliphatic imine (C=N–C) groups is 1. The molecule has 0 spiro atoms. The minimum atomic E-state index is 0. The molecule has 4 nitrogen and oxygen atoms in total. The van der Waals surface area contributed by atoms with Crippen molar-refractivity contribution in [1.29, 1.82) is 0 Å². The van der Waals surface area contributed by atoms with E-state index in [9.17, 15) is 0 Å². The molecule has 6 heteroatoms. The van der Waals surface area contributed by atoms with Gasteiger partial charge in [-0.05, 0) is 56.5 Å². The quantitative estimate of drug-likeness (QED) is 0.393. The summed E-state index contributed by atoms with van der Waals surface area (Å²) in [5.41, 5.74) is 0. The molecule has 2 saturated heterocycles. The van der Waals surface area contributed by atoms with E-state index in [0.717, 1.165) is 31.0 Å². The van der Waals surface area contributed by atoms with Crippen LogP contribution in [0, 0.1) is 5.92 Å². The second-order valence-corrected chi connectivity index (χ2v) is 7.86. The number of nitrogens with zero attached hydrogens (tertiary/aromatic N) is 2. The summed E-state index contributed by atoms with van der Waals surface area (Å²) in [7, 11) is 0. The van der Waals surface area contributed by atoms with Gasteiger partial charge in [-0.3, -0.25) is 9.89 Å². The zero-order valence-electron chi connectivity index (χ0n) is 13.7. The number of likely N-dealkylation sites (tertiary alicyclic amines) is 1. The van der Waals surface area contributed by atoms with Gasteiger partial charge in [0.1, 0.15) is 0 Å². The van der Waals surface area contributed by atoms with Crippen LogP contribution in [0.3, 0.4) is 0 Å². The predicted molar refractivity (Wildman–Crippen MR) is 108 cm³/mol. The fourth-order valence-corrected chi connectivity index (χ4v) is 4.54. The third kappa shape index (κ3) is 5.74. The average molecular weight is 438 g/mol. The van der Waals surface area contributed by atoms with Crippen molar-refractivity contribution in [2.24, 2.45) is 10.9 Å². The summed E-state index contributed by atoms with van der Waals surface area (Å²) in [6, 6.07) is 1.49. The summed E-state index contributed by atoms with van der Waals surface area (Å²) >= 11 is 2.09. The lowest BCUT2D eigenvalue weighted by molar-refractivity contribution is 0.321. The van der Waals surface area contributed by atoms with E-state index < -0.39 is 0 Å². The fourth-order valence-electron chi connectivity index (χ4n) is 3.34. The molecule has 2 N–H and O–H groups in total. The number of guanidine groups is 1. The highest BCUT2D eigenvalue weighted by Crippen LogP contribution is 2.29. The molecule has 128 valence electrons. The largest absolute Gasteiger partial charge is 0.357 e. The first-order chi connectivity index (χ1) is 10.3. The van der Waals surface area contributed by atoms with E-state index in [1.807, 2.05) is 0 Å². The molecule has 1 saturated carbocycles. The molecule has 0 amide bonds. The molecule has 22 heavy (non-hydrogen) atoms. The van der Waals surface area contributed by atoms with Crippen LogP contribution in [0.15, 0.2) is 4.99 Å². The first-order valence-electron chi connectivity index (χ1n) is 8.71. The zero-order valence-corrected chi connectivity index (χ0v) is 16.9. The lowest BCUT2D eigenvalue weighted by Crippen LogP contribution is -2.45. The standard InChI is InChI=1S/C16H30N4S.HI/c1-2-17-16(18-11-13-6-9-21-10-7-13)19-14-5-8-20(12-14)15-3-4-15;/h13-15H,2-12H2,1H3,(H2,17,18,19);1H. The molecule has 0 aromatic heterocycles. The van der Waals surface area contributed by atoms with Gasteiger partial charge in [0, 0.05) is 38.3 Å². The van der Waals surface area contributed by atoms with E-state index in [-0.39, 0.29) is 24.0 Å². The van der Waals surface area contributed by atoms with Gasteiger partial charge in [0.15, 0.2) is 5.96 Å². The Morgan fingerprint density at radius 1 is 1.18 bits per heavy atom. The average Bonchev–Trinajstić information content (AvgIpc) is 3.26. The van der Waals surface area contributed by atoms with Crippen LogP contribution in [0.2, 0.25) is 0 Å². The molecular formula is C16H31IN4S. The smallest absolute Gasteiger partial charge is 0.191 e. The van der Waals surface area contributed by atoms with Crippen molar-refractivity contribution in [1.82, 2.24) is 15.5 Å². The second-order valence-electron chi connectivity index (χ2n) is 6.63. The number of thioether (sulfide) groups is 1. The summed E-state index contributed by atoms with van der Waals surface area (Å²) < 4.78 is 0. The van der Waals surface area contributed by atoms with Crippen LogP contribution in [0.4, 0.5) is 0 Å². The highest BCUT2D eigenvalue weighted by atomic mass is 127. The molecule has 1 unspecified atom stereocenters. The lowest BCUT2D eigenvalue weighted by atomic mass is 10.0. The maximum absolute atomic E-state index is 4.85. The molecule has 0 aromatic rings. The van der Waals surface area contributed by atoms with Crippen LogP contribution in [0.5, 0.6) is 0 Å². The van der Waals surface area contributed by atoms with Gasteiger partial charge in [0.25, 0.3) is 0 Å². The Balaban J connectivity index is 0.00000176. The Bertz CT molecular complexity index is 356. The van der Waals surface area contributed by atoms with E-state index in [4.69, 9.17) is 4.99 Å². The topological polar surface area (TPSA) is 39.7 Å². The number of halogens is 1. The third-order valence-electron chi connectivity index (χ3n) is 4.82. The van der Waals surface area contributed by atoms with Crippen molar-refractivity contribution in [3.63, 3.8) is 0 Å².